The van der Waals surface area contributed by atoms with Gasteiger partial charge in [0, 0.05) is 4.88 Å². The first kappa shape index (κ1) is 15.5. The summed E-state index contributed by atoms with van der Waals surface area (Å²) in [5, 5.41) is 19.4. The lowest BCUT2D eigenvalue weighted by molar-refractivity contribution is 0.208. The standard InChI is InChI=1S/C18H17N5O2S/c1-25-13-6-4-12(5-7-13)23-9-14(20-21-23)17(24)16-18(11-2-3-11)26-15-8-19-10-22(15)16/h4-11,17,24H,2-3H2,1H3. The minimum absolute atomic E-state index is 0.524. The number of methoxy groups -OCH3 is 1. The van der Waals surface area contributed by atoms with Gasteiger partial charge in [-0.15, -0.1) is 16.4 Å². The maximum atomic E-state index is 11.0. The number of nitrogens with zero attached hydrogens (tertiary/aromatic N) is 5. The van der Waals surface area contributed by atoms with E-state index in [0.29, 0.717) is 11.6 Å². The molecule has 26 heavy (non-hydrogen) atoms. The lowest BCUT2D eigenvalue weighted by Crippen LogP contribution is -2.06. The molecule has 0 amide bonds. The molecule has 8 heteroatoms. The molecule has 4 aromatic rings. The summed E-state index contributed by atoms with van der Waals surface area (Å²) in [4.78, 5) is 6.47. The summed E-state index contributed by atoms with van der Waals surface area (Å²) in [6.07, 6.45) is 6.87. The Morgan fingerprint density at radius 1 is 1.27 bits per heavy atom. The topological polar surface area (TPSA) is 77.5 Å². The largest absolute Gasteiger partial charge is 0.497 e. The van der Waals surface area contributed by atoms with Crippen molar-refractivity contribution in [3.05, 3.63) is 59.3 Å². The van der Waals surface area contributed by atoms with Gasteiger partial charge >= 0.3 is 0 Å². The highest BCUT2D eigenvalue weighted by atomic mass is 32.1. The summed E-state index contributed by atoms with van der Waals surface area (Å²) < 4.78 is 8.81. The number of hydrogen-bond acceptors (Lipinski definition) is 6. The lowest BCUT2D eigenvalue weighted by atomic mass is 10.1. The third-order valence-corrected chi connectivity index (χ3v) is 5.94. The van der Waals surface area contributed by atoms with Crippen molar-refractivity contribution < 1.29 is 9.84 Å². The SMILES string of the molecule is COc1ccc(-n2cc(C(O)c3c(C4CC4)sc4cncn34)nn2)cc1. The molecule has 132 valence electrons. The van der Waals surface area contributed by atoms with Crippen LogP contribution in [0.2, 0.25) is 0 Å². The first-order chi connectivity index (χ1) is 12.7. The van der Waals surface area contributed by atoms with Crippen LogP contribution in [0.3, 0.4) is 0 Å². The van der Waals surface area contributed by atoms with Gasteiger partial charge in [0.2, 0.25) is 0 Å². The van der Waals surface area contributed by atoms with Gasteiger partial charge in [0.15, 0.2) is 0 Å². The van der Waals surface area contributed by atoms with Crippen LogP contribution < -0.4 is 4.74 Å². The summed E-state index contributed by atoms with van der Waals surface area (Å²) in [6, 6.07) is 7.54. The quantitative estimate of drug-likeness (QED) is 0.587. The van der Waals surface area contributed by atoms with Gasteiger partial charge in [-0.2, -0.15) is 0 Å². The zero-order valence-electron chi connectivity index (χ0n) is 14.1. The van der Waals surface area contributed by atoms with Gasteiger partial charge in [0.1, 0.15) is 28.7 Å². The Bertz CT molecular complexity index is 1060. The van der Waals surface area contributed by atoms with Crippen molar-refractivity contribution >= 4 is 16.2 Å². The monoisotopic (exact) mass is 367 g/mol. The zero-order valence-corrected chi connectivity index (χ0v) is 14.9. The molecular formula is C18H17N5O2S. The van der Waals surface area contributed by atoms with E-state index in [9.17, 15) is 5.11 Å². The second kappa shape index (κ2) is 5.93. The number of rotatable bonds is 5. The average Bonchev–Trinajstić information content (AvgIpc) is 3.09. The number of aliphatic hydroxyl groups is 1. The van der Waals surface area contributed by atoms with Crippen molar-refractivity contribution in [2.75, 3.05) is 7.11 Å². The third kappa shape index (κ3) is 2.49. The maximum absolute atomic E-state index is 11.0. The van der Waals surface area contributed by atoms with Crippen molar-refractivity contribution in [1.29, 1.82) is 0 Å². The van der Waals surface area contributed by atoms with E-state index in [2.05, 4.69) is 15.3 Å². The van der Waals surface area contributed by atoms with Crippen LogP contribution in [-0.4, -0.2) is 36.6 Å². The van der Waals surface area contributed by atoms with Crippen LogP contribution in [0.15, 0.2) is 43.0 Å². The van der Waals surface area contributed by atoms with Crippen LogP contribution in [0.5, 0.6) is 5.75 Å². The van der Waals surface area contributed by atoms with Crippen molar-refractivity contribution in [1.82, 2.24) is 24.4 Å². The van der Waals surface area contributed by atoms with Gasteiger partial charge in [-0.1, -0.05) is 5.21 Å². The molecule has 3 heterocycles. The van der Waals surface area contributed by atoms with Gasteiger partial charge in [-0.25, -0.2) is 9.67 Å². The summed E-state index contributed by atoms with van der Waals surface area (Å²) in [7, 11) is 1.63. The number of benzene rings is 1. The van der Waals surface area contributed by atoms with E-state index < -0.39 is 6.10 Å². The second-order valence-electron chi connectivity index (χ2n) is 6.42. The van der Waals surface area contributed by atoms with Crippen molar-refractivity contribution in [3.8, 4) is 11.4 Å². The minimum Gasteiger partial charge on any atom is -0.497 e. The second-order valence-corrected chi connectivity index (χ2v) is 7.48. The first-order valence-electron chi connectivity index (χ1n) is 8.44. The predicted molar refractivity (Wildman–Crippen MR) is 97.0 cm³/mol. The molecule has 1 atom stereocenters. The predicted octanol–water partition coefficient (Wildman–Crippen LogP) is 2.94. The number of aliphatic hydroxyl groups excluding tert-OH is 1. The summed E-state index contributed by atoms with van der Waals surface area (Å²) in [5.41, 5.74) is 2.25. The summed E-state index contributed by atoms with van der Waals surface area (Å²) in [5.74, 6) is 1.32. The smallest absolute Gasteiger partial charge is 0.141 e. The Hall–Kier alpha value is -2.71. The molecule has 1 aromatic carbocycles. The first-order valence-corrected chi connectivity index (χ1v) is 9.25. The lowest BCUT2D eigenvalue weighted by Gasteiger charge is -2.09. The Kier molecular flexibility index (Phi) is 3.54. The fourth-order valence-electron chi connectivity index (χ4n) is 3.13. The molecule has 0 spiro atoms. The molecule has 3 aromatic heterocycles. The van der Waals surface area contributed by atoms with Crippen LogP contribution in [0.1, 0.15) is 41.1 Å². The van der Waals surface area contributed by atoms with E-state index in [-0.39, 0.29) is 0 Å². The Morgan fingerprint density at radius 3 is 2.81 bits per heavy atom. The zero-order chi connectivity index (χ0) is 17.7. The normalized spacial score (nSPS) is 15.5. The van der Waals surface area contributed by atoms with Gasteiger partial charge in [0.25, 0.3) is 0 Å². The van der Waals surface area contributed by atoms with Crippen molar-refractivity contribution in [2.45, 2.75) is 24.9 Å². The van der Waals surface area contributed by atoms with E-state index in [1.165, 1.54) is 17.7 Å². The van der Waals surface area contributed by atoms with Crippen LogP contribution in [0.25, 0.3) is 10.5 Å². The van der Waals surface area contributed by atoms with E-state index in [1.54, 1.807) is 35.7 Å². The van der Waals surface area contributed by atoms with Gasteiger partial charge in [0.05, 0.1) is 30.9 Å². The van der Waals surface area contributed by atoms with Crippen LogP contribution in [0.4, 0.5) is 0 Å². The van der Waals surface area contributed by atoms with Crippen molar-refractivity contribution in [3.63, 3.8) is 0 Å². The fourth-order valence-corrected chi connectivity index (χ4v) is 4.43. The molecule has 1 N–H and O–H groups in total. The minimum atomic E-state index is -0.833. The number of thiazole rings is 1. The molecule has 1 fully saturated rings. The molecule has 1 aliphatic rings. The molecule has 0 bridgehead atoms. The molecular weight excluding hydrogens is 350 g/mol. The third-order valence-electron chi connectivity index (χ3n) is 4.67. The number of imidazole rings is 1. The number of ether oxygens (including phenoxy) is 1. The summed E-state index contributed by atoms with van der Waals surface area (Å²) in [6.45, 7) is 0. The summed E-state index contributed by atoms with van der Waals surface area (Å²) >= 11 is 1.70. The molecule has 1 unspecified atom stereocenters. The van der Waals surface area contributed by atoms with E-state index in [0.717, 1.165) is 22.0 Å². The Morgan fingerprint density at radius 2 is 2.08 bits per heavy atom. The van der Waals surface area contributed by atoms with Gasteiger partial charge in [-0.3, -0.25) is 4.40 Å². The molecule has 1 saturated carbocycles. The number of aromatic nitrogens is 5. The fraction of sp³-hybridized carbons (Fsp3) is 0.278. The van der Waals surface area contributed by atoms with Crippen LogP contribution in [-0.2, 0) is 0 Å². The molecule has 1 aliphatic carbocycles. The highest BCUT2D eigenvalue weighted by Crippen LogP contribution is 2.47. The molecule has 5 rings (SSSR count). The molecule has 0 saturated heterocycles. The highest BCUT2D eigenvalue weighted by Gasteiger charge is 2.33. The average molecular weight is 367 g/mol. The maximum Gasteiger partial charge on any atom is 0.141 e. The Labute approximate surface area is 153 Å². The van der Waals surface area contributed by atoms with Crippen LogP contribution in [0, 0.1) is 0 Å². The molecule has 0 aliphatic heterocycles. The van der Waals surface area contributed by atoms with Crippen LogP contribution >= 0.6 is 11.3 Å². The van der Waals surface area contributed by atoms with E-state index in [4.69, 9.17) is 4.74 Å². The molecule has 7 nitrogen and oxygen atoms in total. The Balaban J connectivity index is 1.51. The number of hydrogen-bond donors (Lipinski definition) is 1. The van der Waals surface area contributed by atoms with Gasteiger partial charge < -0.3 is 9.84 Å². The number of fused-ring (bicyclic) bond motifs is 1. The van der Waals surface area contributed by atoms with Gasteiger partial charge in [-0.05, 0) is 43.0 Å². The van der Waals surface area contributed by atoms with E-state index in [1.807, 2.05) is 34.9 Å². The van der Waals surface area contributed by atoms with E-state index >= 15 is 0 Å². The van der Waals surface area contributed by atoms with Crippen molar-refractivity contribution in [2.24, 2.45) is 0 Å². The highest BCUT2D eigenvalue weighted by molar-refractivity contribution is 7.17. The molecule has 0 radical (unpaired) electrons.